The fourth-order valence-electron chi connectivity index (χ4n) is 6.52. The van der Waals surface area contributed by atoms with Gasteiger partial charge in [0.25, 0.3) is 0 Å². The van der Waals surface area contributed by atoms with Crippen molar-refractivity contribution in [3.05, 3.63) is 129 Å². The Balaban J connectivity index is 1.46. The first-order valence-electron chi connectivity index (χ1n) is 18.6. The maximum atomic E-state index is 15.8. The number of nitrogens with zero attached hydrogens (tertiary/aromatic N) is 5. The molecule has 0 aliphatic heterocycles. The van der Waals surface area contributed by atoms with Crippen molar-refractivity contribution in [1.82, 2.24) is 14.6 Å². The largest absolute Gasteiger partial charge is 0.481 e. The van der Waals surface area contributed by atoms with Gasteiger partial charge in [0.05, 0.1) is 18.6 Å². The van der Waals surface area contributed by atoms with E-state index in [1.165, 1.54) is 48.5 Å². The highest BCUT2D eigenvalue weighted by atomic mass is 35.5. The Kier molecular flexibility index (Phi) is 14.4. The third-order valence-electron chi connectivity index (χ3n) is 9.72. The molecular formula is C41H47ClFN7O7S. The summed E-state index contributed by atoms with van der Waals surface area (Å²) in [5.41, 5.74) is 9.47. The van der Waals surface area contributed by atoms with Gasteiger partial charge in [-0.2, -0.15) is 0 Å². The van der Waals surface area contributed by atoms with Crippen LogP contribution in [0.5, 0.6) is 5.88 Å². The van der Waals surface area contributed by atoms with E-state index in [-0.39, 0.29) is 48.7 Å². The van der Waals surface area contributed by atoms with E-state index >= 15 is 4.39 Å². The van der Waals surface area contributed by atoms with Crippen molar-refractivity contribution in [2.45, 2.75) is 75.0 Å². The second-order valence-electron chi connectivity index (χ2n) is 15.3. The van der Waals surface area contributed by atoms with Crippen LogP contribution in [0.2, 0.25) is 5.02 Å². The molecule has 17 heteroatoms. The number of nitrogens with one attached hydrogen (secondary N) is 2. The summed E-state index contributed by atoms with van der Waals surface area (Å²) in [5, 5.41) is 17.2. The number of aliphatic hydroxyl groups is 1. The van der Waals surface area contributed by atoms with Crippen LogP contribution >= 0.6 is 11.6 Å². The van der Waals surface area contributed by atoms with Gasteiger partial charge in [-0.1, -0.05) is 59.2 Å². The fraction of sp³-hybridized carbons (Fsp3) is 0.390. The van der Waals surface area contributed by atoms with Crippen LogP contribution in [0.3, 0.4) is 0 Å². The quantitative estimate of drug-likeness (QED) is 0.0517. The zero-order valence-corrected chi connectivity index (χ0v) is 34.2. The highest BCUT2D eigenvalue weighted by Gasteiger charge is 2.45. The third-order valence-corrected chi connectivity index (χ3v) is 11.5. The Morgan fingerprint density at radius 3 is 2.33 bits per heavy atom. The van der Waals surface area contributed by atoms with Gasteiger partial charge < -0.3 is 24.8 Å². The molecule has 308 valence electrons. The van der Waals surface area contributed by atoms with Crippen molar-refractivity contribution in [2.75, 3.05) is 32.1 Å². The van der Waals surface area contributed by atoms with E-state index in [4.69, 9.17) is 21.1 Å². The number of benzene rings is 3. The summed E-state index contributed by atoms with van der Waals surface area (Å²) in [4.78, 5) is 36.4. The number of hydrogen-bond donors (Lipinski definition) is 3. The van der Waals surface area contributed by atoms with Crippen LogP contribution in [0.1, 0.15) is 62.6 Å². The normalized spacial score (nSPS) is 14.9. The molecule has 1 heterocycles. The summed E-state index contributed by atoms with van der Waals surface area (Å²) in [6.07, 6.45) is 2.01. The van der Waals surface area contributed by atoms with Gasteiger partial charge in [0, 0.05) is 63.9 Å². The average Bonchev–Trinajstić information content (AvgIpc) is 3.97. The number of anilines is 1. The fourth-order valence-corrected chi connectivity index (χ4v) is 7.93. The number of aromatic nitrogens is 1. The van der Waals surface area contributed by atoms with Gasteiger partial charge >= 0.3 is 6.09 Å². The van der Waals surface area contributed by atoms with E-state index in [2.05, 4.69) is 25.0 Å². The molecule has 3 aromatic carbocycles. The number of hydrogen-bond acceptors (Lipinski definition) is 9. The first kappa shape index (κ1) is 43.9. The second kappa shape index (κ2) is 19.0. The summed E-state index contributed by atoms with van der Waals surface area (Å²) in [6.45, 7) is 4.91. The van der Waals surface area contributed by atoms with Gasteiger partial charge in [0.2, 0.25) is 21.8 Å². The summed E-state index contributed by atoms with van der Waals surface area (Å²) < 4.78 is 56.8. The molecule has 3 N–H and O–H groups in total. The number of amides is 2. The van der Waals surface area contributed by atoms with Gasteiger partial charge in [-0.25, -0.2) is 27.3 Å². The lowest BCUT2D eigenvalue weighted by Gasteiger charge is -2.33. The van der Waals surface area contributed by atoms with Crippen LogP contribution < -0.4 is 14.8 Å². The van der Waals surface area contributed by atoms with Crippen LogP contribution in [0, 0.1) is 11.2 Å². The molecule has 0 bridgehead atoms. The SMILES string of the molecule is COc1ccc([C@H](c2ccc(Cl)cc2)C(N=[N+]=[N-])C(=O)Nc2cccc(F)c2CC[C@@H](CN(CC2(CO)CC2)C(=O)OC(C)(C)C)NS(=O)(=O)c2ccccc2)cn1. The van der Waals surface area contributed by atoms with Crippen LogP contribution in [0.25, 0.3) is 10.4 Å². The Bertz CT molecular complexity index is 2200. The number of carbonyl (C=O) groups is 2. The predicted molar refractivity (Wildman–Crippen MR) is 217 cm³/mol. The van der Waals surface area contributed by atoms with E-state index in [1.54, 1.807) is 75.4 Å². The number of ether oxygens (including phenoxy) is 2. The molecule has 1 saturated carbocycles. The van der Waals surface area contributed by atoms with Gasteiger partial charge in [-0.3, -0.25) is 4.79 Å². The third kappa shape index (κ3) is 11.7. The van der Waals surface area contributed by atoms with Gasteiger partial charge in [-0.05, 0) is 99.5 Å². The standard InChI is InChI=1S/C41H47ClFN7O7S/c1-40(2,3)57-39(53)50(25-41(26-51)21-22-41)24-30(48-58(54,55)31-9-6-5-7-10-31)18-19-32-33(43)11-8-12-34(32)46-38(52)37(47-49-44)36(27-13-16-29(42)17-14-27)28-15-20-35(56-4)45-23-28/h5-17,20,23,30,36-37,48,51H,18-19,21-22,24-26H2,1-4H3,(H,46,52)/t30-,36-,37?/m0/s1. The van der Waals surface area contributed by atoms with Gasteiger partial charge in [0.1, 0.15) is 17.5 Å². The maximum absolute atomic E-state index is 15.8. The van der Waals surface area contributed by atoms with Gasteiger partial charge in [-0.15, -0.1) is 0 Å². The molecule has 5 rings (SSSR count). The molecule has 0 spiro atoms. The highest BCUT2D eigenvalue weighted by Crippen LogP contribution is 2.46. The van der Waals surface area contributed by atoms with E-state index < -0.39 is 56.9 Å². The molecule has 1 aliphatic carbocycles. The van der Waals surface area contributed by atoms with E-state index in [0.29, 0.717) is 34.9 Å². The lowest BCUT2D eigenvalue weighted by atomic mass is 9.85. The minimum absolute atomic E-state index is 0.0110. The molecule has 0 saturated heterocycles. The second-order valence-corrected chi connectivity index (χ2v) is 17.4. The number of methoxy groups -OCH3 is 1. The minimum atomic E-state index is -4.14. The molecule has 0 radical (unpaired) electrons. The van der Waals surface area contributed by atoms with E-state index in [1.807, 2.05) is 0 Å². The predicted octanol–water partition coefficient (Wildman–Crippen LogP) is 7.62. The number of carbonyl (C=O) groups excluding carboxylic acids is 2. The van der Waals surface area contributed by atoms with E-state index in [9.17, 15) is 28.6 Å². The zero-order valence-electron chi connectivity index (χ0n) is 32.6. The number of halogens is 2. The number of sulfonamides is 1. The van der Waals surface area contributed by atoms with Crippen LogP contribution in [0.4, 0.5) is 14.9 Å². The summed E-state index contributed by atoms with van der Waals surface area (Å²) >= 11 is 6.17. The zero-order chi connectivity index (χ0) is 42.1. The molecule has 2 amide bonds. The molecule has 1 aliphatic rings. The lowest BCUT2D eigenvalue weighted by Crippen LogP contribution is -2.49. The van der Waals surface area contributed by atoms with Crippen LogP contribution in [0.15, 0.2) is 101 Å². The van der Waals surface area contributed by atoms with Crippen molar-refractivity contribution in [3.8, 4) is 5.88 Å². The van der Waals surface area contributed by atoms with Gasteiger partial charge in [0.15, 0.2) is 0 Å². The minimum Gasteiger partial charge on any atom is -0.481 e. The molecule has 3 atom stereocenters. The monoisotopic (exact) mass is 835 g/mol. The number of aliphatic hydroxyl groups excluding tert-OH is 1. The topological polar surface area (TPSA) is 196 Å². The molecule has 1 aromatic heterocycles. The molecule has 58 heavy (non-hydrogen) atoms. The Labute approximate surface area is 342 Å². The first-order valence-corrected chi connectivity index (χ1v) is 20.5. The van der Waals surface area contributed by atoms with Crippen molar-refractivity contribution in [2.24, 2.45) is 10.5 Å². The van der Waals surface area contributed by atoms with Crippen molar-refractivity contribution in [3.63, 3.8) is 0 Å². The van der Waals surface area contributed by atoms with Crippen molar-refractivity contribution in [1.29, 1.82) is 0 Å². The number of rotatable bonds is 18. The Morgan fingerprint density at radius 2 is 1.74 bits per heavy atom. The maximum Gasteiger partial charge on any atom is 0.410 e. The summed E-state index contributed by atoms with van der Waals surface area (Å²) in [7, 11) is -2.68. The smallest absolute Gasteiger partial charge is 0.410 e. The molecule has 1 unspecified atom stereocenters. The molecule has 1 fully saturated rings. The van der Waals surface area contributed by atoms with Crippen molar-refractivity contribution < 1.29 is 37.0 Å². The number of azide groups is 1. The average molecular weight is 836 g/mol. The lowest BCUT2D eigenvalue weighted by molar-refractivity contribution is -0.117. The first-order chi connectivity index (χ1) is 27.6. The van der Waals surface area contributed by atoms with Crippen LogP contribution in [-0.2, 0) is 26.0 Å². The van der Waals surface area contributed by atoms with E-state index in [0.717, 1.165) is 0 Å². The molecule has 4 aromatic rings. The van der Waals surface area contributed by atoms with Crippen molar-refractivity contribution >= 4 is 39.3 Å². The summed E-state index contributed by atoms with van der Waals surface area (Å²) in [5.74, 6) is -1.96. The summed E-state index contributed by atoms with van der Waals surface area (Å²) in [6, 6.07) is 19.4. The molecular weight excluding hydrogens is 789 g/mol. The Morgan fingerprint density at radius 1 is 1.05 bits per heavy atom. The number of pyridine rings is 1. The van der Waals surface area contributed by atoms with Crippen LogP contribution in [-0.4, -0.2) is 79.9 Å². The highest BCUT2D eigenvalue weighted by molar-refractivity contribution is 7.89. The molecule has 14 nitrogen and oxygen atoms in total. The Hall–Kier alpha value is -5.25.